The van der Waals surface area contributed by atoms with Crippen molar-refractivity contribution >= 4 is 5.96 Å². The van der Waals surface area contributed by atoms with E-state index in [0.29, 0.717) is 5.96 Å². The number of benzene rings is 1. The highest BCUT2D eigenvalue weighted by Gasteiger charge is 1.98. The van der Waals surface area contributed by atoms with Crippen molar-refractivity contribution in [2.45, 2.75) is 33.6 Å². The molecular formula is C14H23N3. The third kappa shape index (κ3) is 4.89. The van der Waals surface area contributed by atoms with Gasteiger partial charge in [-0.1, -0.05) is 30.7 Å². The van der Waals surface area contributed by atoms with E-state index in [-0.39, 0.29) is 0 Å². The van der Waals surface area contributed by atoms with Crippen LogP contribution >= 0.6 is 0 Å². The fraction of sp³-hybridized carbons (Fsp3) is 0.500. The van der Waals surface area contributed by atoms with Crippen LogP contribution in [0.2, 0.25) is 0 Å². The molecule has 94 valence electrons. The zero-order valence-electron chi connectivity index (χ0n) is 11.1. The highest BCUT2D eigenvalue weighted by atomic mass is 15.1. The molecule has 0 fully saturated rings. The van der Waals surface area contributed by atoms with Gasteiger partial charge in [-0.2, -0.15) is 0 Å². The Labute approximate surface area is 104 Å². The van der Waals surface area contributed by atoms with Crippen LogP contribution in [-0.2, 0) is 6.42 Å². The predicted molar refractivity (Wildman–Crippen MR) is 74.4 cm³/mol. The van der Waals surface area contributed by atoms with Gasteiger partial charge in [-0.3, -0.25) is 4.99 Å². The molecule has 0 atom stereocenters. The molecule has 0 aromatic heterocycles. The van der Waals surface area contributed by atoms with E-state index in [0.717, 1.165) is 25.9 Å². The van der Waals surface area contributed by atoms with Crippen LogP contribution in [0.4, 0.5) is 0 Å². The Morgan fingerprint density at radius 1 is 1.35 bits per heavy atom. The largest absolute Gasteiger partial charge is 0.370 e. The minimum atomic E-state index is 0.552. The standard InChI is InChI=1S/C14H23N3/c1-4-8-16-14(15)17-9-7-13-6-5-11(2)10-12(13)3/h5-6,10H,4,7-9H2,1-3H3,(H3,15,16,17). The summed E-state index contributed by atoms with van der Waals surface area (Å²) >= 11 is 0. The van der Waals surface area contributed by atoms with Crippen molar-refractivity contribution < 1.29 is 0 Å². The second-order valence-corrected chi connectivity index (χ2v) is 4.37. The van der Waals surface area contributed by atoms with Crippen LogP contribution < -0.4 is 11.1 Å². The number of guanidine groups is 1. The fourth-order valence-corrected chi connectivity index (χ4v) is 1.74. The fourth-order valence-electron chi connectivity index (χ4n) is 1.74. The van der Waals surface area contributed by atoms with Gasteiger partial charge in [0.25, 0.3) is 0 Å². The van der Waals surface area contributed by atoms with E-state index in [1.165, 1.54) is 16.7 Å². The lowest BCUT2D eigenvalue weighted by atomic mass is 10.0. The zero-order chi connectivity index (χ0) is 12.7. The third-order valence-electron chi connectivity index (χ3n) is 2.70. The van der Waals surface area contributed by atoms with Crippen molar-refractivity contribution in [3.8, 4) is 0 Å². The minimum Gasteiger partial charge on any atom is -0.370 e. The summed E-state index contributed by atoms with van der Waals surface area (Å²) in [7, 11) is 0. The SMILES string of the molecule is CCCN=C(N)NCCc1ccc(C)cc1C. The molecular weight excluding hydrogens is 210 g/mol. The molecule has 0 spiro atoms. The molecule has 0 saturated carbocycles. The van der Waals surface area contributed by atoms with E-state index >= 15 is 0 Å². The molecule has 3 heteroatoms. The summed E-state index contributed by atoms with van der Waals surface area (Å²) in [5, 5.41) is 3.14. The second kappa shape index (κ2) is 6.94. The van der Waals surface area contributed by atoms with E-state index in [1.807, 2.05) is 0 Å². The highest BCUT2D eigenvalue weighted by Crippen LogP contribution is 2.10. The van der Waals surface area contributed by atoms with Gasteiger partial charge in [0.1, 0.15) is 0 Å². The monoisotopic (exact) mass is 233 g/mol. The summed E-state index contributed by atoms with van der Waals surface area (Å²) in [6, 6.07) is 6.55. The Balaban J connectivity index is 2.40. The Morgan fingerprint density at radius 2 is 2.12 bits per heavy atom. The molecule has 0 unspecified atom stereocenters. The topological polar surface area (TPSA) is 50.4 Å². The molecule has 3 N–H and O–H groups in total. The maximum absolute atomic E-state index is 5.72. The first-order chi connectivity index (χ1) is 8.13. The smallest absolute Gasteiger partial charge is 0.188 e. The van der Waals surface area contributed by atoms with Gasteiger partial charge in [-0.25, -0.2) is 0 Å². The Morgan fingerprint density at radius 3 is 2.76 bits per heavy atom. The van der Waals surface area contributed by atoms with Gasteiger partial charge in [0, 0.05) is 13.1 Å². The Hall–Kier alpha value is -1.51. The van der Waals surface area contributed by atoms with Gasteiger partial charge < -0.3 is 11.1 Å². The summed E-state index contributed by atoms with van der Waals surface area (Å²) in [6.45, 7) is 7.99. The molecule has 1 rings (SSSR count). The number of nitrogens with one attached hydrogen (secondary N) is 1. The molecule has 0 aliphatic carbocycles. The van der Waals surface area contributed by atoms with Crippen LogP contribution in [0.1, 0.15) is 30.0 Å². The maximum Gasteiger partial charge on any atom is 0.188 e. The zero-order valence-corrected chi connectivity index (χ0v) is 11.1. The maximum atomic E-state index is 5.72. The van der Waals surface area contributed by atoms with E-state index in [9.17, 15) is 0 Å². The molecule has 1 aromatic rings. The Kier molecular flexibility index (Phi) is 5.53. The van der Waals surface area contributed by atoms with Gasteiger partial charge in [-0.05, 0) is 37.8 Å². The van der Waals surface area contributed by atoms with E-state index in [1.54, 1.807) is 0 Å². The van der Waals surface area contributed by atoms with E-state index in [4.69, 9.17) is 5.73 Å². The molecule has 0 saturated heterocycles. The summed E-state index contributed by atoms with van der Waals surface area (Å²) in [5.41, 5.74) is 9.74. The minimum absolute atomic E-state index is 0.552. The van der Waals surface area contributed by atoms with Crippen molar-refractivity contribution in [2.75, 3.05) is 13.1 Å². The second-order valence-electron chi connectivity index (χ2n) is 4.37. The molecule has 3 nitrogen and oxygen atoms in total. The molecule has 0 bridgehead atoms. The predicted octanol–water partition coefficient (Wildman–Crippen LogP) is 2.16. The molecule has 0 amide bonds. The van der Waals surface area contributed by atoms with E-state index in [2.05, 4.69) is 49.3 Å². The molecule has 17 heavy (non-hydrogen) atoms. The molecule has 1 aromatic carbocycles. The van der Waals surface area contributed by atoms with Crippen LogP contribution in [0.5, 0.6) is 0 Å². The van der Waals surface area contributed by atoms with Gasteiger partial charge in [0.2, 0.25) is 0 Å². The number of hydrogen-bond donors (Lipinski definition) is 2. The number of nitrogens with two attached hydrogens (primary N) is 1. The normalized spacial score (nSPS) is 11.6. The summed E-state index contributed by atoms with van der Waals surface area (Å²) in [6.07, 6.45) is 2.01. The average Bonchev–Trinajstić information content (AvgIpc) is 2.29. The van der Waals surface area contributed by atoms with E-state index < -0.39 is 0 Å². The van der Waals surface area contributed by atoms with Crippen LogP contribution in [-0.4, -0.2) is 19.0 Å². The first-order valence-corrected chi connectivity index (χ1v) is 6.23. The molecule has 0 aliphatic heterocycles. The van der Waals surface area contributed by atoms with Gasteiger partial charge in [0.05, 0.1) is 0 Å². The first-order valence-electron chi connectivity index (χ1n) is 6.23. The lowest BCUT2D eigenvalue weighted by molar-refractivity contribution is 0.835. The van der Waals surface area contributed by atoms with Crippen LogP contribution in [0, 0.1) is 13.8 Å². The summed E-state index contributed by atoms with van der Waals surface area (Å²) < 4.78 is 0. The first kappa shape index (κ1) is 13.6. The lowest BCUT2D eigenvalue weighted by Crippen LogP contribution is -2.33. The molecule has 0 heterocycles. The third-order valence-corrected chi connectivity index (χ3v) is 2.70. The summed E-state index contributed by atoms with van der Waals surface area (Å²) in [4.78, 5) is 4.19. The van der Waals surface area contributed by atoms with Crippen molar-refractivity contribution in [1.29, 1.82) is 0 Å². The Bertz CT molecular complexity index is 383. The van der Waals surface area contributed by atoms with Crippen molar-refractivity contribution in [2.24, 2.45) is 10.7 Å². The van der Waals surface area contributed by atoms with Crippen LogP contribution in [0.25, 0.3) is 0 Å². The highest BCUT2D eigenvalue weighted by molar-refractivity contribution is 5.77. The quantitative estimate of drug-likeness (QED) is 0.605. The number of aliphatic imine (C=N–C) groups is 1. The van der Waals surface area contributed by atoms with Crippen molar-refractivity contribution in [1.82, 2.24) is 5.32 Å². The number of nitrogens with zero attached hydrogens (tertiary/aromatic N) is 1. The van der Waals surface area contributed by atoms with Crippen molar-refractivity contribution in [3.05, 3.63) is 34.9 Å². The van der Waals surface area contributed by atoms with Crippen LogP contribution in [0.15, 0.2) is 23.2 Å². The van der Waals surface area contributed by atoms with Crippen LogP contribution in [0.3, 0.4) is 0 Å². The lowest BCUT2D eigenvalue weighted by Gasteiger charge is -2.08. The number of hydrogen-bond acceptors (Lipinski definition) is 1. The average molecular weight is 233 g/mol. The van der Waals surface area contributed by atoms with Gasteiger partial charge >= 0.3 is 0 Å². The van der Waals surface area contributed by atoms with Gasteiger partial charge in [0.15, 0.2) is 5.96 Å². The van der Waals surface area contributed by atoms with Gasteiger partial charge in [-0.15, -0.1) is 0 Å². The van der Waals surface area contributed by atoms with Crippen molar-refractivity contribution in [3.63, 3.8) is 0 Å². The summed E-state index contributed by atoms with van der Waals surface area (Å²) in [5.74, 6) is 0.552. The molecule has 0 radical (unpaired) electrons. The molecule has 0 aliphatic rings. The number of aryl methyl sites for hydroxylation is 2. The number of rotatable bonds is 5.